The van der Waals surface area contributed by atoms with E-state index < -0.39 is 0 Å². The predicted molar refractivity (Wildman–Crippen MR) is 93.2 cm³/mol. The number of fused-ring (bicyclic) bond motifs is 4. The number of H-pyrrole nitrogens is 1. The van der Waals surface area contributed by atoms with Crippen molar-refractivity contribution in [1.29, 1.82) is 0 Å². The summed E-state index contributed by atoms with van der Waals surface area (Å²) in [6.45, 7) is 3.11. The molecule has 24 heavy (non-hydrogen) atoms. The molecule has 3 fully saturated rings. The molecule has 0 amide bonds. The number of nitrogens with zero attached hydrogens (tertiary/aromatic N) is 1. The molecule has 0 spiro atoms. The molecule has 4 heteroatoms. The summed E-state index contributed by atoms with van der Waals surface area (Å²) in [5.41, 5.74) is 5.28. The molecular weight excluding hydrogens is 300 g/mol. The Bertz CT molecular complexity index is 866. The summed E-state index contributed by atoms with van der Waals surface area (Å²) in [7, 11) is 1.72. The van der Waals surface area contributed by atoms with Gasteiger partial charge < -0.3 is 14.5 Å². The molecule has 4 aliphatic heterocycles. The van der Waals surface area contributed by atoms with E-state index in [4.69, 9.17) is 4.74 Å². The van der Waals surface area contributed by atoms with Gasteiger partial charge in [0.25, 0.3) is 0 Å². The van der Waals surface area contributed by atoms with Crippen molar-refractivity contribution in [2.24, 2.45) is 11.8 Å². The standard InChI is InChI=1S/C20H22N2O2/c1-3-11-9-22-16-8-14-12-5-4-6-18(24-2)20(12)21-19(14)17(22)7-13(11)15(16)10-23/h3-6,10,13,15-17,21H,7-9H2,1-2H3/b11-3-. The van der Waals surface area contributed by atoms with Crippen LogP contribution in [-0.4, -0.2) is 35.9 Å². The number of piperidine rings is 3. The largest absolute Gasteiger partial charge is 0.495 e. The molecule has 5 atom stereocenters. The lowest BCUT2D eigenvalue weighted by Gasteiger charge is -2.57. The highest BCUT2D eigenvalue weighted by Gasteiger charge is 2.52. The average molecular weight is 322 g/mol. The van der Waals surface area contributed by atoms with E-state index in [0.29, 0.717) is 18.0 Å². The maximum Gasteiger partial charge on any atom is 0.142 e. The highest BCUT2D eigenvalue weighted by Crippen LogP contribution is 2.53. The zero-order valence-corrected chi connectivity index (χ0v) is 14.1. The van der Waals surface area contributed by atoms with E-state index in [-0.39, 0.29) is 5.92 Å². The molecule has 4 bridgehead atoms. The van der Waals surface area contributed by atoms with Gasteiger partial charge in [0.1, 0.15) is 12.0 Å². The van der Waals surface area contributed by atoms with Gasteiger partial charge in [0.05, 0.1) is 18.7 Å². The number of para-hydroxylation sites is 1. The Kier molecular flexibility index (Phi) is 2.95. The number of nitrogens with one attached hydrogen (secondary N) is 1. The molecule has 5 unspecified atom stereocenters. The summed E-state index contributed by atoms with van der Waals surface area (Å²) in [5.74, 6) is 1.44. The molecule has 5 heterocycles. The van der Waals surface area contributed by atoms with Gasteiger partial charge in [-0.1, -0.05) is 23.8 Å². The summed E-state index contributed by atoms with van der Waals surface area (Å²) in [6.07, 6.45) is 5.43. The fourth-order valence-corrected chi connectivity index (χ4v) is 5.39. The Morgan fingerprint density at radius 2 is 2.25 bits per heavy atom. The van der Waals surface area contributed by atoms with Crippen LogP contribution in [0.2, 0.25) is 0 Å². The van der Waals surface area contributed by atoms with Gasteiger partial charge in [-0.3, -0.25) is 4.90 Å². The fourth-order valence-electron chi connectivity index (χ4n) is 5.39. The van der Waals surface area contributed by atoms with Crippen LogP contribution in [0.15, 0.2) is 29.8 Å². The fraction of sp³-hybridized carbons (Fsp3) is 0.450. The van der Waals surface area contributed by atoms with Gasteiger partial charge in [0.15, 0.2) is 0 Å². The summed E-state index contributed by atoms with van der Waals surface area (Å²) < 4.78 is 5.55. The molecule has 0 radical (unpaired) electrons. The highest BCUT2D eigenvalue weighted by molar-refractivity contribution is 5.90. The van der Waals surface area contributed by atoms with Crippen molar-refractivity contribution < 1.29 is 9.53 Å². The van der Waals surface area contributed by atoms with Gasteiger partial charge in [0.2, 0.25) is 0 Å². The first-order valence-corrected chi connectivity index (χ1v) is 8.80. The van der Waals surface area contributed by atoms with Crippen molar-refractivity contribution in [1.82, 2.24) is 9.88 Å². The van der Waals surface area contributed by atoms with Crippen LogP contribution < -0.4 is 4.74 Å². The number of hydrogen-bond acceptors (Lipinski definition) is 3. The Balaban J connectivity index is 1.70. The first kappa shape index (κ1) is 14.3. The normalized spacial score (nSPS) is 35.2. The monoisotopic (exact) mass is 322 g/mol. The van der Waals surface area contributed by atoms with E-state index in [0.717, 1.165) is 30.7 Å². The Labute approximate surface area is 141 Å². The molecule has 1 aromatic carbocycles. The Hall–Kier alpha value is -2.07. The van der Waals surface area contributed by atoms with Gasteiger partial charge in [-0.15, -0.1) is 0 Å². The van der Waals surface area contributed by atoms with Gasteiger partial charge in [0, 0.05) is 29.6 Å². The summed E-state index contributed by atoms with van der Waals surface area (Å²) in [5, 5.41) is 1.26. The number of aromatic nitrogens is 1. The molecule has 1 N–H and O–H groups in total. The van der Waals surface area contributed by atoms with E-state index in [2.05, 4.69) is 35.0 Å². The van der Waals surface area contributed by atoms with Crippen molar-refractivity contribution in [2.45, 2.75) is 31.8 Å². The summed E-state index contributed by atoms with van der Waals surface area (Å²) in [4.78, 5) is 18.1. The van der Waals surface area contributed by atoms with E-state index in [1.165, 1.54) is 28.5 Å². The van der Waals surface area contributed by atoms with Gasteiger partial charge >= 0.3 is 0 Å². The number of carbonyl (C=O) groups is 1. The van der Waals surface area contributed by atoms with Crippen molar-refractivity contribution >= 4 is 17.2 Å². The molecule has 1 aromatic heterocycles. The maximum atomic E-state index is 11.8. The second-order valence-corrected chi connectivity index (χ2v) is 7.28. The van der Waals surface area contributed by atoms with Crippen LogP contribution in [0.5, 0.6) is 5.75 Å². The van der Waals surface area contributed by atoms with Crippen LogP contribution in [0.25, 0.3) is 10.9 Å². The number of aldehydes is 1. The number of aromatic amines is 1. The maximum absolute atomic E-state index is 11.8. The third kappa shape index (κ3) is 1.64. The molecule has 3 saturated heterocycles. The first-order valence-electron chi connectivity index (χ1n) is 8.80. The van der Waals surface area contributed by atoms with Crippen molar-refractivity contribution in [2.75, 3.05) is 13.7 Å². The Morgan fingerprint density at radius 1 is 1.38 bits per heavy atom. The minimum atomic E-state index is 0.130. The topological polar surface area (TPSA) is 45.3 Å². The average Bonchev–Trinajstić information content (AvgIpc) is 3.00. The van der Waals surface area contributed by atoms with Crippen molar-refractivity contribution in [3.63, 3.8) is 0 Å². The van der Waals surface area contributed by atoms with Crippen LogP contribution in [0.4, 0.5) is 0 Å². The quantitative estimate of drug-likeness (QED) is 0.682. The van der Waals surface area contributed by atoms with Crippen LogP contribution in [0.3, 0.4) is 0 Å². The molecule has 6 rings (SSSR count). The number of rotatable bonds is 2. The van der Waals surface area contributed by atoms with E-state index in [1.54, 1.807) is 7.11 Å². The zero-order valence-electron chi connectivity index (χ0n) is 14.1. The van der Waals surface area contributed by atoms with E-state index in [9.17, 15) is 4.79 Å². The van der Waals surface area contributed by atoms with E-state index in [1.807, 2.05) is 6.07 Å². The number of ether oxygens (including phenoxy) is 1. The van der Waals surface area contributed by atoms with Gasteiger partial charge in [-0.2, -0.15) is 0 Å². The van der Waals surface area contributed by atoms with Crippen LogP contribution in [0, 0.1) is 11.8 Å². The van der Waals surface area contributed by atoms with Crippen LogP contribution in [-0.2, 0) is 11.2 Å². The van der Waals surface area contributed by atoms with Gasteiger partial charge in [-0.05, 0) is 37.3 Å². The van der Waals surface area contributed by atoms with Crippen LogP contribution in [0.1, 0.15) is 30.6 Å². The number of benzene rings is 1. The molecule has 4 aliphatic rings. The Morgan fingerprint density at radius 3 is 3.00 bits per heavy atom. The van der Waals surface area contributed by atoms with Crippen molar-refractivity contribution in [3.05, 3.63) is 41.1 Å². The minimum absolute atomic E-state index is 0.130. The lowest BCUT2D eigenvalue weighted by atomic mass is 9.64. The molecule has 0 aliphatic carbocycles. The van der Waals surface area contributed by atoms with Gasteiger partial charge in [-0.25, -0.2) is 0 Å². The highest BCUT2D eigenvalue weighted by atomic mass is 16.5. The van der Waals surface area contributed by atoms with Crippen molar-refractivity contribution in [3.8, 4) is 5.75 Å². The summed E-state index contributed by atoms with van der Waals surface area (Å²) >= 11 is 0. The third-order valence-corrected chi connectivity index (χ3v) is 6.48. The second kappa shape index (κ2) is 4.96. The number of allylic oxidation sites excluding steroid dienone is 1. The van der Waals surface area contributed by atoms with E-state index >= 15 is 0 Å². The number of methoxy groups -OCH3 is 1. The molecule has 4 nitrogen and oxygen atoms in total. The zero-order chi connectivity index (χ0) is 16.4. The first-order chi connectivity index (χ1) is 11.8. The number of hydrogen-bond donors (Lipinski definition) is 1. The SMILES string of the molecule is C/C=C1/CN2C3CC1C(C=O)C2Cc1c3[nH]c2c(OC)cccc12. The summed E-state index contributed by atoms with van der Waals surface area (Å²) in [6, 6.07) is 6.99. The minimum Gasteiger partial charge on any atom is -0.495 e. The smallest absolute Gasteiger partial charge is 0.142 e. The lowest BCUT2D eigenvalue weighted by molar-refractivity contribution is -0.121. The second-order valence-electron chi connectivity index (χ2n) is 7.28. The molecule has 0 saturated carbocycles. The van der Waals surface area contributed by atoms with Crippen LogP contribution >= 0.6 is 0 Å². The molecule has 124 valence electrons. The predicted octanol–water partition coefficient (Wildman–Crippen LogP) is 3.24. The molecule has 2 aromatic rings. The molecular formula is C20H22N2O2. The third-order valence-electron chi connectivity index (χ3n) is 6.48. The number of carbonyl (C=O) groups excluding carboxylic acids is 1. The lowest BCUT2D eigenvalue weighted by Crippen LogP contribution is -2.60.